The van der Waals surface area contributed by atoms with Gasteiger partial charge in [0.15, 0.2) is 5.82 Å². The van der Waals surface area contributed by atoms with Crippen LogP contribution in [-0.4, -0.2) is 31.5 Å². The topological polar surface area (TPSA) is 86.6 Å². The molecule has 3 aromatic rings. The Morgan fingerprint density at radius 1 is 1.04 bits per heavy atom. The van der Waals surface area contributed by atoms with Gasteiger partial charge in [-0.2, -0.15) is 0 Å². The molecule has 2 N–H and O–H groups in total. The Morgan fingerprint density at radius 3 is 2.54 bits per heavy atom. The summed E-state index contributed by atoms with van der Waals surface area (Å²) in [6.07, 6.45) is 1.37. The van der Waals surface area contributed by atoms with Gasteiger partial charge in [0.1, 0.15) is 5.69 Å². The van der Waals surface area contributed by atoms with Crippen LogP contribution in [0.2, 0.25) is 15.1 Å². The van der Waals surface area contributed by atoms with Gasteiger partial charge in [-0.3, -0.25) is 15.2 Å². The number of aromatic nitrogens is 2. The van der Waals surface area contributed by atoms with E-state index >= 15 is 0 Å². The largest absolute Gasteiger partial charge is 0.321 e. The first-order valence-electron chi connectivity index (χ1n) is 7.77. The molecule has 1 amide bonds. The molecule has 6 nitrogen and oxygen atoms in total. The van der Waals surface area contributed by atoms with Crippen LogP contribution in [0.5, 0.6) is 0 Å². The number of halogens is 3. The number of nitrogens with zero attached hydrogens (tertiary/aromatic N) is 3. The highest BCUT2D eigenvalue weighted by Crippen LogP contribution is 2.36. The van der Waals surface area contributed by atoms with Crippen molar-refractivity contribution in [2.24, 2.45) is 0 Å². The number of amides is 1. The molecule has 3 rings (SSSR count). The summed E-state index contributed by atoms with van der Waals surface area (Å²) in [5, 5.41) is 18.6. The quantitative estimate of drug-likeness (QED) is 0.224. The van der Waals surface area contributed by atoms with Gasteiger partial charge in [0.25, 0.3) is 0 Å². The molecule has 0 unspecified atom stereocenters. The molecule has 10 heteroatoms. The summed E-state index contributed by atoms with van der Waals surface area (Å²) in [6.45, 7) is 0. The number of rotatable bonds is 5. The molecule has 28 heavy (non-hydrogen) atoms. The van der Waals surface area contributed by atoms with Crippen molar-refractivity contribution in [3.8, 4) is 11.4 Å². The molecular weight excluding hydrogens is 445 g/mol. The van der Waals surface area contributed by atoms with E-state index in [0.717, 1.165) is 10.5 Å². The minimum absolute atomic E-state index is 0.141. The van der Waals surface area contributed by atoms with Gasteiger partial charge in [0.2, 0.25) is 0 Å². The standard InChI is InChI=1S/C18H12Cl3N3O3S/c19-12-7-14(21)16(8-13(12)20)28-9-10-2-1-3-11(6-10)17-22-5-4-15(23-17)18(25)24(26)27/h1-8,26-27H,9H2. The second-order valence-corrected chi connectivity index (χ2v) is 7.78. The van der Waals surface area contributed by atoms with Crippen molar-refractivity contribution in [3.05, 3.63) is 75.0 Å². The average molecular weight is 457 g/mol. The SMILES string of the molecule is O=C(c1ccnc(-c2cccc(CSc3cc(Cl)c(Cl)cc3Cl)c2)n1)N(O)O. The molecular formula is C18H12Cl3N3O3S. The van der Waals surface area contributed by atoms with Crippen LogP contribution in [-0.2, 0) is 5.75 Å². The van der Waals surface area contributed by atoms with Gasteiger partial charge < -0.3 is 0 Å². The van der Waals surface area contributed by atoms with Gasteiger partial charge in [-0.1, -0.05) is 58.2 Å². The third-order valence-electron chi connectivity index (χ3n) is 3.61. The fourth-order valence-corrected chi connectivity index (χ4v) is 3.97. The molecule has 0 fully saturated rings. The highest BCUT2D eigenvalue weighted by atomic mass is 35.5. The van der Waals surface area contributed by atoms with Crippen molar-refractivity contribution in [1.29, 1.82) is 0 Å². The molecule has 0 aliphatic rings. The van der Waals surface area contributed by atoms with Crippen molar-refractivity contribution in [1.82, 2.24) is 15.2 Å². The molecule has 0 radical (unpaired) electrons. The second-order valence-electron chi connectivity index (χ2n) is 5.55. The predicted molar refractivity (Wildman–Crippen MR) is 108 cm³/mol. The lowest BCUT2D eigenvalue weighted by molar-refractivity contribution is -0.260. The van der Waals surface area contributed by atoms with E-state index in [9.17, 15) is 4.79 Å². The monoisotopic (exact) mass is 455 g/mol. The first kappa shape index (κ1) is 20.9. The summed E-state index contributed by atoms with van der Waals surface area (Å²) in [5.74, 6) is -0.165. The van der Waals surface area contributed by atoms with E-state index in [2.05, 4.69) is 9.97 Å². The van der Waals surface area contributed by atoms with Crippen molar-refractivity contribution >= 4 is 52.5 Å². The normalized spacial score (nSPS) is 10.8. The molecule has 0 aliphatic heterocycles. The van der Waals surface area contributed by atoms with E-state index in [-0.39, 0.29) is 11.5 Å². The second kappa shape index (κ2) is 9.09. The van der Waals surface area contributed by atoms with E-state index in [1.165, 1.54) is 24.0 Å². The van der Waals surface area contributed by atoms with Gasteiger partial charge in [-0.05, 0) is 29.8 Å². The lowest BCUT2D eigenvalue weighted by atomic mass is 10.1. The molecule has 0 aliphatic carbocycles. The van der Waals surface area contributed by atoms with Gasteiger partial charge in [-0.15, -0.1) is 11.8 Å². The molecule has 2 aromatic carbocycles. The van der Waals surface area contributed by atoms with Crippen molar-refractivity contribution in [2.45, 2.75) is 10.6 Å². The number of thioether (sulfide) groups is 1. The number of hydrogen-bond acceptors (Lipinski definition) is 6. The highest BCUT2D eigenvalue weighted by molar-refractivity contribution is 7.98. The number of hydroxylamine groups is 2. The molecule has 144 valence electrons. The van der Waals surface area contributed by atoms with Crippen LogP contribution in [0.1, 0.15) is 16.1 Å². The highest BCUT2D eigenvalue weighted by Gasteiger charge is 2.15. The van der Waals surface area contributed by atoms with Gasteiger partial charge in [0.05, 0.1) is 15.1 Å². The molecule has 1 aromatic heterocycles. The first-order valence-corrected chi connectivity index (χ1v) is 9.89. The van der Waals surface area contributed by atoms with Crippen LogP contribution in [0.4, 0.5) is 0 Å². The third kappa shape index (κ3) is 4.94. The van der Waals surface area contributed by atoms with E-state index in [0.29, 0.717) is 26.4 Å². The molecule has 0 bridgehead atoms. The Labute approximate surface area is 179 Å². The Kier molecular flexibility index (Phi) is 6.77. The van der Waals surface area contributed by atoms with E-state index in [1.54, 1.807) is 18.2 Å². The maximum atomic E-state index is 11.6. The Morgan fingerprint density at radius 2 is 1.79 bits per heavy atom. The summed E-state index contributed by atoms with van der Waals surface area (Å²) in [5.41, 5.74) is 1.50. The summed E-state index contributed by atoms with van der Waals surface area (Å²) < 4.78 is 0. The van der Waals surface area contributed by atoms with E-state index < -0.39 is 11.1 Å². The predicted octanol–water partition coefficient (Wildman–Crippen LogP) is 5.62. The van der Waals surface area contributed by atoms with Gasteiger partial charge in [0, 0.05) is 22.4 Å². The van der Waals surface area contributed by atoms with Crippen LogP contribution < -0.4 is 0 Å². The summed E-state index contributed by atoms with van der Waals surface area (Å²) in [7, 11) is 0. The molecule has 0 saturated carbocycles. The van der Waals surface area contributed by atoms with E-state index in [1.807, 2.05) is 18.2 Å². The number of hydrogen-bond donors (Lipinski definition) is 2. The van der Waals surface area contributed by atoms with Crippen LogP contribution in [0.3, 0.4) is 0 Å². The summed E-state index contributed by atoms with van der Waals surface area (Å²) in [6, 6.07) is 12.0. The Bertz CT molecular complexity index is 1030. The van der Waals surface area contributed by atoms with E-state index in [4.69, 9.17) is 45.2 Å². The van der Waals surface area contributed by atoms with Crippen LogP contribution >= 0.6 is 46.6 Å². The first-order chi connectivity index (χ1) is 13.3. The number of benzene rings is 2. The summed E-state index contributed by atoms with van der Waals surface area (Å²) >= 11 is 19.7. The fraction of sp³-hybridized carbons (Fsp3) is 0.0556. The minimum Gasteiger partial charge on any atom is -0.262 e. The van der Waals surface area contributed by atoms with Crippen LogP contribution in [0.15, 0.2) is 53.6 Å². The molecule has 0 spiro atoms. The molecule has 0 saturated heterocycles. The lowest BCUT2D eigenvalue weighted by Crippen LogP contribution is -2.24. The van der Waals surface area contributed by atoms with Crippen LogP contribution in [0.25, 0.3) is 11.4 Å². The maximum absolute atomic E-state index is 11.6. The molecule has 0 atom stereocenters. The van der Waals surface area contributed by atoms with Gasteiger partial charge in [-0.25, -0.2) is 9.97 Å². The van der Waals surface area contributed by atoms with Gasteiger partial charge >= 0.3 is 5.91 Å². The average Bonchev–Trinajstić information content (AvgIpc) is 2.69. The number of carbonyl (C=O) groups excluding carboxylic acids is 1. The number of carbonyl (C=O) groups is 1. The van der Waals surface area contributed by atoms with Crippen molar-refractivity contribution < 1.29 is 15.2 Å². The minimum atomic E-state index is -1.05. The Hall–Kier alpha value is -1.87. The van der Waals surface area contributed by atoms with Crippen molar-refractivity contribution in [2.75, 3.05) is 0 Å². The smallest absolute Gasteiger partial charge is 0.262 e. The summed E-state index contributed by atoms with van der Waals surface area (Å²) in [4.78, 5) is 20.7. The zero-order valence-electron chi connectivity index (χ0n) is 14.0. The van der Waals surface area contributed by atoms with Crippen molar-refractivity contribution in [3.63, 3.8) is 0 Å². The molecule has 1 heterocycles. The fourth-order valence-electron chi connectivity index (χ4n) is 2.30. The third-order valence-corrected chi connectivity index (χ3v) is 5.88. The van der Waals surface area contributed by atoms with Crippen LogP contribution in [0, 0.1) is 0 Å². The zero-order chi connectivity index (χ0) is 20.3. The Balaban J connectivity index is 1.81. The zero-order valence-corrected chi connectivity index (χ0v) is 17.1. The maximum Gasteiger partial charge on any atom is 0.321 e. The lowest BCUT2D eigenvalue weighted by Gasteiger charge is -2.09.